The van der Waals surface area contributed by atoms with Gasteiger partial charge in [0.05, 0.1) is 18.9 Å². The van der Waals surface area contributed by atoms with E-state index in [1.54, 1.807) is 0 Å². The van der Waals surface area contributed by atoms with Gasteiger partial charge in [0.1, 0.15) is 6.29 Å². The zero-order valence-electron chi connectivity index (χ0n) is 9.69. The van der Waals surface area contributed by atoms with E-state index in [0.717, 1.165) is 23.8 Å². The van der Waals surface area contributed by atoms with E-state index < -0.39 is 5.38 Å². The first kappa shape index (κ1) is 13.7. The van der Waals surface area contributed by atoms with Crippen LogP contribution in [0.4, 0.5) is 0 Å². The first-order chi connectivity index (χ1) is 8.15. The second-order valence-electron chi connectivity index (χ2n) is 3.76. The lowest BCUT2D eigenvalue weighted by Crippen LogP contribution is -2.05. The van der Waals surface area contributed by atoms with Gasteiger partial charge in [0.2, 0.25) is 0 Å². The Morgan fingerprint density at radius 3 is 2.47 bits per heavy atom. The lowest BCUT2D eigenvalue weighted by Gasteiger charge is -2.04. The van der Waals surface area contributed by atoms with Gasteiger partial charge >= 0.3 is 5.97 Å². The van der Waals surface area contributed by atoms with Crippen LogP contribution in [0.2, 0.25) is 0 Å². The molecule has 1 rings (SSSR count). The number of carbonyl (C=O) groups excluding carboxylic acids is 2. The minimum Gasteiger partial charge on any atom is -0.469 e. The van der Waals surface area contributed by atoms with Crippen molar-refractivity contribution in [1.29, 1.82) is 0 Å². The Morgan fingerprint density at radius 2 is 1.94 bits per heavy atom. The zero-order chi connectivity index (χ0) is 12.7. The largest absolute Gasteiger partial charge is 0.469 e. The average molecular weight is 255 g/mol. The highest BCUT2D eigenvalue weighted by atomic mass is 35.5. The Morgan fingerprint density at radius 1 is 1.35 bits per heavy atom. The summed E-state index contributed by atoms with van der Waals surface area (Å²) in [7, 11) is 1.37. The molecular weight excluding hydrogens is 240 g/mol. The molecule has 0 aromatic heterocycles. The number of alkyl halides is 1. The molecule has 0 aliphatic carbocycles. The van der Waals surface area contributed by atoms with Crippen LogP contribution >= 0.6 is 11.6 Å². The molecule has 0 saturated carbocycles. The van der Waals surface area contributed by atoms with Gasteiger partial charge in [0.25, 0.3) is 0 Å². The Bertz CT molecular complexity index is 373. The minimum atomic E-state index is -0.426. The van der Waals surface area contributed by atoms with Crippen molar-refractivity contribution in [1.82, 2.24) is 0 Å². The zero-order valence-corrected chi connectivity index (χ0v) is 10.4. The van der Waals surface area contributed by atoms with Gasteiger partial charge < -0.3 is 9.53 Å². The molecule has 92 valence electrons. The molecule has 0 N–H and O–H groups in total. The van der Waals surface area contributed by atoms with Crippen molar-refractivity contribution < 1.29 is 14.3 Å². The predicted octanol–water partition coefficient (Wildman–Crippen LogP) is 2.14. The summed E-state index contributed by atoms with van der Waals surface area (Å²) in [5.41, 5.74) is 2.02. The van der Waals surface area contributed by atoms with Crippen LogP contribution < -0.4 is 0 Å². The normalized spacial score (nSPS) is 11.9. The summed E-state index contributed by atoms with van der Waals surface area (Å²) in [5.74, 6) is -0.250. The molecule has 1 aromatic rings. The summed E-state index contributed by atoms with van der Waals surface area (Å²) in [5, 5.41) is -0.426. The van der Waals surface area contributed by atoms with Crippen LogP contribution in [0.1, 0.15) is 17.5 Å². The third-order valence-corrected chi connectivity index (χ3v) is 2.78. The maximum Gasteiger partial charge on any atom is 0.309 e. The number of benzene rings is 1. The van der Waals surface area contributed by atoms with Crippen molar-refractivity contribution in [3.63, 3.8) is 0 Å². The smallest absolute Gasteiger partial charge is 0.309 e. The number of rotatable bonds is 6. The SMILES string of the molecule is COC(=O)Cc1ccc(CCC(Cl)C=O)cc1. The van der Waals surface area contributed by atoms with Crippen molar-refractivity contribution in [2.75, 3.05) is 7.11 Å². The number of aldehydes is 1. The van der Waals surface area contributed by atoms with Gasteiger partial charge in [0.15, 0.2) is 0 Å². The minimum absolute atomic E-state index is 0.250. The molecule has 4 heteroatoms. The molecule has 0 bridgehead atoms. The molecule has 3 nitrogen and oxygen atoms in total. The maximum absolute atomic E-state index is 11.0. The van der Waals surface area contributed by atoms with Crippen molar-refractivity contribution in [3.8, 4) is 0 Å². The van der Waals surface area contributed by atoms with Crippen LogP contribution in [0.15, 0.2) is 24.3 Å². The van der Waals surface area contributed by atoms with E-state index in [4.69, 9.17) is 11.6 Å². The quantitative estimate of drug-likeness (QED) is 0.444. The number of hydrogen-bond donors (Lipinski definition) is 0. The van der Waals surface area contributed by atoms with Crippen LogP contribution in [0, 0.1) is 0 Å². The molecule has 0 aliphatic rings. The first-order valence-corrected chi connectivity index (χ1v) is 5.83. The number of ether oxygens (including phenoxy) is 1. The second-order valence-corrected chi connectivity index (χ2v) is 4.32. The molecule has 17 heavy (non-hydrogen) atoms. The molecule has 0 spiro atoms. The number of esters is 1. The Hall–Kier alpha value is -1.35. The fourth-order valence-electron chi connectivity index (χ4n) is 1.44. The summed E-state index contributed by atoms with van der Waals surface area (Å²) < 4.78 is 4.58. The highest BCUT2D eigenvalue weighted by Crippen LogP contribution is 2.10. The average Bonchev–Trinajstić information content (AvgIpc) is 2.37. The van der Waals surface area contributed by atoms with Crippen LogP contribution in [-0.2, 0) is 27.2 Å². The topological polar surface area (TPSA) is 43.4 Å². The van der Waals surface area contributed by atoms with E-state index in [9.17, 15) is 9.59 Å². The number of halogens is 1. The Balaban J connectivity index is 2.50. The van der Waals surface area contributed by atoms with E-state index in [-0.39, 0.29) is 12.4 Å². The monoisotopic (exact) mass is 254 g/mol. The summed E-state index contributed by atoms with van der Waals surface area (Å²) >= 11 is 5.70. The highest BCUT2D eigenvalue weighted by molar-refractivity contribution is 6.27. The van der Waals surface area contributed by atoms with Crippen molar-refractivity contribution >= 4 is 23.9 Å². The number of aryl methyl sites for hydroxylation is 1. The summed E-state index contributed by atoms with van der Waals surface area (Å²) in [6, 6.07) is 7.65. The van der Waals surface area contributed by atoms with Gasteiger partial charge in [-0.3, -0.25) is 4.79 Å². The summed E-state index contributed by atoms with van der Waals surface area (Å²) in [6.07, 6.45) is 2.41. The van der Waals surface area contributed by atoms with E-state index in [1.807, 2.05) is 24.3 Å². The van der Waals surface area contributed by atoms with Crippen molar-refractivity contribution in [2.45, 2.75) is 24.6 Å². The van der Waals surface area contributed by atoms with Crippen LogP contribution in [0.25, 0.3) is 0 Å². The van der Waals surface area contributed by atoms with Gasteiger partial charge in [-0.15, -0.1) is 11.6 Å². The van der Waals surface area contributed by atoms with Crippen molar-refractivity contribution in [3.05, 3.63) is 35.4 Å². The first-order valence-electron chi connectivity index (χ1n) is 5.39. The lowest BCUT2D eigenvalue weighted by molar-refractivity contribution is -0.139. The Kier molecular flexibility index (Phi) is 5.70. The predicted molar refractivity (Wildman–Crippen MR) is 66.2 cm³/mol. The lowest BCUT2D eigenvalue weighted by atomic mass is 10.0. The number of carbonyl (C=O) groups is 2. The van der Waals surface area contributed by atoms with Crippen molar-refractivity contribution in [2.24, 2.45) is 0 Å². The molecule has 0 radical (unpaired) electrons. The molecule has 0 aliphatic heterocycles. The van der Waals surface area contributed by atoms with E-state index in [1.165, 1.54) is 7.11 Å². The molecule has 1 aromatic carbocycles. The molecule has 0 saturated heterocycles. The molecule has 1 atom stereocenters. The van der Waals surface area contributed by atoms with Gasteiger partial charge in [0, 0.05) is 0 Å². The van der Waals surface area contributed by atoms with Gasteiger partial charge in [-0.1, -0.05) is 24.3 Å². The van der Waals surface area contributed by atoms with Crippen LogP contribution in [0.5, 0.6) is 0 Å². The van der Waals surface area contributed by atoms with Crippen LogP contribution in [-0.4, -0.2) is 24.7 Å². The van der Waals surface area contributed by atoms with Crippen LogP contribution in [0.3, 0.4) is 0 Å². The van der Waals surface area contributed by atoms with Gasteiger partial charge in [-0.25, -0.2) is 0 Å². The summed E-state index contributed by atoms with van der Waals surface area (Å²) in [6.45, 7) is 0. The third-order valence-electron chi connectivity index (χ3n) is 2.46. The van der Waals surface area contributed by atoms with Gasteiger partial charge in [-0.05, 0) is 24.0 Å². The number of hydrogen-bond acceptors (Lipinski definition) is 3. The molecule has 0 amide bonds. The molecule has 0 heterocycles. The second kappa shape index (κ2) is 7.07. The molecule has 0 fully saturated rings. The number of methoxy groups -OCH3 is 1. The maximum atomic E-state index is 11.0. The standard InChI is InChI=1S/C13H15ClO3/c1-17-13(16)8-11-4-2-10(3-5-11)6-7-12(14)9-15/h2-5,9,12H,6-8H2,1H3. The Labute approximate surface area is 106 Å². The highest BCUT2D eigenvalue weighted by Gasteiger charge is 2.04. The summed E-state index contributed by atoms with van der Waals surface area (Å²) in [4.78, 5) is 21.4. The molecular formula is C13H15ClO3. The van der Waals surface area contributed by atoms with E-state index in [0.29, 0.717) is 6.42 Å². The third kappa shape index (κ3) is 5.00. The molecule has 1 unspecified atom stereocenters. The fraction of sp³-hybridized carbons (Fsp3) is 0.385. The van der Waals surface area contributed by atoms with E-state index >= 15 is 0 Å². The van der Waals surface area contributed by atoms with Gasteiger partial charge in [-0.2, -0.15) is 0 Å². The fourth-order valence-corrected chi connectivity index (χ4v) is 1.54. The van der Waals surface area contributed by atoms with E-state index in [2.05, 4.69) is 4.74 Å².